The summed E-state index contributed by atoms with van der Waals surface area (Å²) in [6.07, 6.45) is -4.04. The molecule has 0 unspecified atom stereocenters. The van der Waals surface area contributed by atoms with E-state index >= 15 is 0 Å². The van der Waals surface area contributed by atoms with Gasteiger partial charge >= 0.3 is 18.3 Å². The molecule has 0 aliphatic rings. The van der Waals surface area contributed by atoms with Crippen LogP contribution in [-0.2, 0) is 4.79 Å². The predicted octanol–water partition coefficient (Wildman–Crippen LogP) is 4.19. The van der Waals surface area contributed by atoms with Crippen LogP contribution in [0.25, 0.3) is 11.1 Å². The maximum absolute atomic E-state index is 12.8. The number of hydrogen-bond acceptors (Lipinski definition) is 1. The monoisotopic (exact) mass is 297 g/mol. The number of alkyl halides is 4. The Morgan fingerprint density at radius 3 is 1.95 bits per heavy atom. The fraction of sp³-hybridized carbons (Fsp3) is 0.133. The normalized spacial score (nSPS) is 11.5. The van der Waals surface area contributed by atoms with Gasteiger partial charge in [-0.15, -0.1) is 0 Å². The second-order valence-corrected chi connectivity index (χ2v) is 4.32. The first-order valence-corrected chi connectivity index (χ1v) is 6.04. The summed E-state index contributed by atoms with van der Waals surface area (Å²) in [7, 11) is 0. The Balaban J connectivity index is 2.12. The maximum Gasteiger partial charge on any atom is 0.383 e. The molecule has 1 N–H and O–H groups in total. The van der Waals surface area contributed by atoms with Gasteiger partial charge in [0.25, 0.3) is 0 Å². The number of anilines is 1. The lowest BCUT2D eigenvalue weighted by atomic mass is 10.1. The summed E-state index contributed by atoms with van der Waals surface area (Å²) in [5, 5.41) is 1.77. The Hall–Kier alpha value is -2.37. The zero-order valence-electron chi connectivity index (χ0n) is 10.7. The van der Waals surface area contributed by atoms with Gasteiger partial charge in [-0.3, -0.25) is 4.79 Å². The molecule has 0 radical (unpaired) electrons. The van der Waals surface area contributed by atoms with E-state index in [2.05, 4.69) is 0 Å². The minimum Gasteiger partial charge on any atom is -0.321 e. The van der Waals surface area contributed by atoms with Crippen molar-refractivity contribution in [3.8, 4) is 11.1 Å². The van der Waals surface area contributed by atoms with E-state index in [4.69, 9.17) is 0 Å². The maximum atomic E-state index is 12.8. The molecule has 6 heteroatoms. The lowest BCUT2D eigenvalue weighted by Gasteiger charge is -2.15. The molecule has 1 amide bonds. The highest BCUT2D eigenvalue weighted by atomic mass is 19.3. The average molecular weight is 297 g/mol. The minimum atomic E-state index is -4.71. The van der Waals surface area contributed by atoms with Crippen molar-refractivity contribution < 1.29 is 22.4 Å². The fourth-order valence-electron chi connectivity index (χ4n) is 1.69. The summed E-state index contributed by atoms with van der Waals surface area (Å²) in [4.78, 5) is 11.1. The molecule has 2 nitrogen and oxygen atoms in total. The van der Waals surface area contributed by atoms with E-state index in [-0.39, 0.29) is 5.69 Å². The molecule has 110 valence electrons. The smallest absolute Gasteiger partial charge is 0.321 e. The van der Waals surface area contributed by atoms with Crippen molar-refractivity contribution in [1.29, 1.82) is 0 Å². The molecule has 0 heterocycles. The van der Waals surface area contributed by atoms with Crippen LogP contribution in [0.1, 0.15) is 0 Å². The lowest BCUT2D eigenvalue weighted by Crippen LogP contribution is -2.40. The Labute approximate surface area is 118 Å². The quantitative estimate of drug-likeness (QED) is 0.842. The summed E-state index contributed by atoms with van der Waals surface area (Å²) >= 11 is 0. The van der Waals surface area contributed by atoms with E-state index in [9.17, 15) is 22.4 Å². The minimum absolute atomic E-state index is 0.0278. The van der Waals surface area contributed by atoms with Crippen LogP contribution in [0.2, 0.25) is 0 Å². The molecule has 0 aliphatic carbocycles. The SMILES string of the molecule is O=C(Nc1ccc(-c2ccccc2)cc1)C(F)(F)C(F)F. The molecule has 0 aliphatic heterocycles. The van der Waals surface area contributed by atoms with Gasteiger partial charge in [0.05, 0.1) is 0 Å². The van der Waals surface area contributed by atoms with E-state index < -0.39 is 18.3 Å². The molecule has 0 atom stereocenters. The van der Waals surface area contributed by atoms with Crippen molar-refractivity contribution in [2.45, 2.75) is 12.3 Å². The number of nitrogens with one attached hydrogen (secondary N) is 1. The Bertz CT molecular complexity index is 611. The van der Waals surface area contributed by atoms with E-state index in [0.717, 1.165) is 11.1 Å². The van der Waals surface area contributed by atoms with Crippen LogP contribution in [0.5, 0.6) is 0 Å². The second-order valence-electron chi connectivity index (χ2n) is 4.32. The highest BCUT2D eigenvalue weighted by molar-refractivity contribution is 5.96. The zero-order valence-corrected chi connectivity index (χ0v) is 10.7. The van der Waals surface area contributed by atoms with Gasteiger partial charge in [-0.1, -0.05) is 42.5 Å². The molecule has 2 rings (SSSR count). The van der Waals surface area contributed by atoms with Gasteiger partial charge in [0, 0.05) is 5.69 Å². The van der Waals surface area contributed by atoms with Gasteiger partial charge < -0.3 is 5.32 Å². The Morgan fingerprint density at radius 1 is 0.905 bits per heavy atom. The van der Waals surface area contributed by atoms with Gasteiger partial charge in [-0.05, 0) is 23.3 Å². The third kappa shape index (κ3) is 3.39. The van der Waals surface area contributed by atoms with Crippen LogP contribution < -0.4 is 5.32 Å². The van der Waals surface area contributed by atoms with Crippen molar-refractivity contribution >= 4 is 11.6 Å². The van der Waals surface area contributed by atoms with Gasteiger partial charge in [-0.25, -0.2) is 8.78 Å². The van der Waals surface area contributed by atoms with E-state index in [1.54, 1.807) is 17.4 Å². The van der Waals surface area contributed by atoms with Crippen LogP contribution in [-0.4, -0.2) is 18.3 Å². The standard InChI is InChI=1S/C15H11F4NO/c16-13(17)15(18,19)14(21)20-12-8-6-11(7-9-12)10-4-2-1-3-5-10/h1-9,13H,(H,20,21). The average Bonchev–Trinajstić information content (AvgIpc) is 2.48. The zero-order chi connectivity index (χ0) is 15.5. The molecule has 2 aromatic carbocycles. The summed E-state index contributed by atoms with van der Waals surface area (Å²) in [5.74, 6) is -6.73. The summed E-state index contributed by atoms with van der Waals surface area (Å²) in [5.41, 5.74) is 1.75. The Kier molecular flexibility index (Phi) is 4.26. The molecule has 0 aromatic heterocycles. The van der Waals surface area contributed by atoms with Gasteiger partial charge in [0.2, 0.25) is 0 Å². The number of carbonyl (C=O) groups excluding carboxylic acids is 1. The second kappa shape index (κ2) is 5.95. The number of hydrogen-bond donors (Lipinski definition) is 1. The molecular weight excluding hydrogens is 286 g/mol. The van der Waals surface area contributed by atoms with Crippen LogP contribution in [0.3, 0.4) is 0 Å². The van der Waals surface area contributed by atoms with E-state index in [1.807, 2.05) is 30.3 Å². The molecule has 0 saturated heterocycles. The number of benzene rings is 2. The Morgan fingerprint density at radius 2 is 1.43 bits per heavy atom. The summed E-state index contributed by atoms with van der Waals surface area (Å²) in [6.45, 7) is 0. The highest BCUT2D eigenvalue weighted by Crippen LogP contribution is 2.26. The number of halogens is 4. The third-order valence-corrected chi connectivity index (χ3v) is 2.83. The number of carbonyl (C=O) groups is 1. The van der Waals surface area contributed by atoms with Crippen LogP contribution in [0, 0.1) is 0 Å². The molecule has 0 saturated carbocycles. The number of amides is 1. The van der Waals surface area contributed by atoms with Crippen molar-refractivity contribution in [2.75, 3.05) is 5.32 Å². The predicted molar refractivity (Wildman–Crippen MR) is 71.5 cm³/mol. The largest absolute Gasteiger partial charge is 0.383 e. The summed E-state index contributed by atoms with van der Waals surface area (Å²) in [6, 6.07) is 15.2. The molecule has 0 fully saturated rings. The summed E-state index contributed by atoms with van der Waals surface area (Å²) < 4.78 is 49.7. The van der Waals surface area contributed by atoms with Gasteiger partial charge in [0.1, 0.15) is 0 Å². The first kappa shape index (κ1) is 15.0. The first-order chi connectivity index (χ1) is 9.91. The van der Waals surface area contributed by atoms with Crippen LogP contribution in [0.4, 0.5) is 23.2 Å². The highest BCUT2D eigenvalue weighted by Gasteiger charge is 2.48. The molecule has 2 aromatic rings. The van der Waals surface area contributed by atoms with E-state index in [1.165, 1.54) is 12.1 Å². The van der Waals surface area contributed by atoms with Crippen LogP contribution in [0.15, 0.2) is 54.6 Å². The van der Waals surface area contributed by atoms with Gasteiger partial charge in [0.15, 0.2) is 0 Å². The van der Waals surface area contributed by atoms with Crippen molar-refractivity contribution in [3.63, 3.8) is 0 Å². The number of rotatable bonds is 4. The topological polar surface area (TPSA) is 29.1 Å². The molecule has 21 heavy (non-hydrogen) atoms. The van der Waals surface area contributed by atoms with Crippen molar-refractivity contribution in [3.05, 3.63) is 54.6 Å². The van der Waals surface area contributed by atoms with Gasteiger partial charge in [-0.2, -0.15) is 8.78 Å². The van der Waals surface area contributed by atoms with Crippen molar-refractivity contribution in [2.24, 2.45) is 0 Å². The molecular formula is C15H11F4NO. The van der Waals surface area contributed by atoms with Crippen molar-refractivity contribution in [1.82, 2.24) is 0 Å². The fourth-order valence-corrected chi connectivity index (χ4v) is 1.69. The van der Waals surface area contributed by atoms with E-state index in [0.29, 0.717) is 0 Å². The first-order valence-electron chi connectivity index (χ1n) is 6.04. The lowest BCUT2D eigenvalue weighted by molar-refractivity contribution is -0.163. The van der Waals surface area contributed by atoms with Crippen LogP contribution >= 0.6 is 0 Å². The molecule has 0 spiro atoms. The third-order valence-electron chi connectivity index (χ3n) is 2.83. The molecule has 0 bridgehead atoms.